The highest BCUT2D eigenvalue weighted by molar-refractivity contribution is 7.10. The first-order valence-electron chi connectivity index (χ1n) is 8.20. The molecule has 0 saturated carbocycles. The molecule has 2 saturated heterocycles. The lowest BCUT2D eigenvalue weighted by atomic mass is 9.77. The molecule has 3 heterocycles. The molecule has 0 aliphatic carbocycles. The van der Waals surface area contributed by atoms with Gasteiger partial charge in [-0.2, -0.15) is 0 Å². The number of amides is 1. The van der Waals surface area contributed by atoms with Gasteiger partial charge in [0.25, 0.3) is 0 Å². The van der Waals surface area contributed by atoms with Crippen LogP contribution >= 0.6 is 11.3 Å². The summed E-state index contributed by atoms with van der Waals surface area (Å²) in [6.45, 7) is 6.12. The Labute approximate surface area is 137 Å². The Morgan fingerprint density at radius 3 is 2.86 bits per heavy atom. The first-order valence-corrected chi connectivity index (χ1v) is 9.08. The number of hydrogen-bond acceptors (Lipinski definition) is 4. The van der Waals surface area contributed by atoms with Crippen LogP contribution in [-0.2, 0) is 11.3 Å². The fourth-order valence-corrected chi connectivity index (χ4v) is 4.94. The molecule has 22 heavy (non-hydrogen) atoms. The highest BCUT2D eigenvalue weighted by Gasteiger charge is 2.46. The van der Waals surface area contributed by atoms with Crippen molar-refractivity contribution in [2.75, 3.05) is 33.7 Å². The molecule has 5 heteroatoms. The standard InChI is InChI=1S/C17H27N3OS/c1-13-4-9-22-15(13)11-19(2)16(21)14-10-17(12-20(14)3)5-7-18-8-6-17/h4,9,14,18H,5-8,10-12H2,1-3H3/t14-/m0/s1. The predicted octanol–water partition coefficient (Wildman–Crippen LogP) is 2.09. The Morgan fingerprint density at radius 1 is 1.50 bits per heavy atom. The zero-order valence-electron chi connectivity index (χ0n) is 13.9. The van der Waals surface area contributed by atoms with Crippen molar-refractivity contribution in [2.24, 2.45) is 5.41 Å². The molecular formula is C17H27N3OS. The maximum absolute atomic E-state index is 12.9. The van der Waals surface area contributed by atoms with Crippen molar-refractivity contribution in [3.05, 3.63) is 21.9 Å². The van der Waals surface area contributed by atoms with Gasteiger partial charge in [-0.05, 0) is 68.7 Å². The second kappa shape index (κ2) is 6.30. The summed E-state index contributed by atoms with van der Waals surface area (Å²) >= 11 is 1.74. The molecule has 3 rings (SSSR count). The van der Waals surface area contributed by atoms with Crippen LogP contribution in [0.15, 0.2) is 11.4 Å². The van der Waals surface area contributed by atoms with Crippen LogP contribution in [-0.4, -0.2) is 55.5 Å². The predicted molar refractivity (Wildman–Crippen MR) is 91.1 cm³/mol. The van der Waals surface area contributed by atoms with Crippen LogP contribution in [0.5, 0.6) is 0 Å². The van der Waals surface area contributed by atoms with Crippen molar-refractivity contribution in [1.29, 1.82) is 0 Å². The number of aryl methyl sites for hydroxylation is 1. The number of nitrogens with one attached hydrogen (secondary N) is 1. The van der Waals surface area contributed by atoms with Gasteiger partial charge in [-0.1, -0.05) is 0 Å². The summed E-state index contributed by atoms with van der Waals surface area (Å²) in [5.74, 6) is 0.283. The van der Waals surface area contributed by atoms with E-state index in [2.05, 4.69) is 35.6 Å². The minimum atomic E-state index is 0.0587. The van der Waals surface area contributed by atoms with E-state index in [-0.39, 0.29) is 11.9 Å². The van der Waals surface area contributed by atoms with Crippen LogP contribution in [0.4, 0.5) is 0 Å². The van der Waals surface area contributed by atoms with Crippen molar-refractivity contribution >= 4 is 17.2 Å². The number of carbonyl (C=O) groups is 1. The normalized spacial score (nSPS) is 24.8. The Kier molecular flexibility index (Phi) is 4.57. The summed E-state index contributed by atoms with van der Waals surface area (Å²) in [4.78, 5) is 18.4. The summed E-state index contributed by atoms with van der Waals surface area (Å²) in [5.41, 5.74) is 1.65. The van der Waals surface area contributed by atoms with E-state index in [0.29, 0.717) is 5.41 Å². The van der Waals surface area contributed by atoms with Crippen LogP contribution in [0.3, 0.4) is 0 Å². The number of likely N-dealkylation sites (tertiary alicyclic amines) is 1. The van der Waals surface area contributed by atoms with E-state index >= 15 is 0 Å². The summed E-state index contributed by atoms with van der Waals surface area (Å²) in [6, 6.07) is 2.19. The molecule has 2 aliphatic rings. The highest BCUT2D eigenvalue weighted by Crippen LogP contribution is 2.41. The molecule has 4 nitrogen and oxygen atoms in total. The van der Waals surface area contributed by atoms with Crippen LogP contribution in [0, 0.1) is 12.3 Å². The van der Waals surface area contributed by atoms with E-state index in [1.54, 1.807) is 11.3 Å². The molecule has 1 spiro atoms. The second-order valence-corrected chi connectivity index (χ2v) is 8.11. The summed E-state index contributed by atoms with van der Waals surface area (Å²) in [5, 5.41) is 5.55. The Morgan fingerprint density at radius 2 is 2.23 bits per heavy atom. The highest BCUT2D eigenvalue weighted by atomic mass is 32.1. The quantitative estimate of drug-likeness (QED) is 0.926. The fourth-order valence-electron chi connectivity index (χ4n) is 3.98. The number of hydrogen-bond donors (Lipinski definition) is 1. The Balaban J connectivity index is 1.65. The van der Waals surface area contributed by atoms with Gasteiger partial charge in [-0.25, -0.2) is 0 Å². The van der Waals surface area contributed by atoms with E-state index in [9.17, 15) is 4.79 Å². The lowest BCUT2D eigenvalue weighted by Crippen LogP contribution is -2.42. The number of likely N-dealkylation sites (N-methyl/N-ethyl adjacent to an activating group) is 2. The molecular weight excluding hydrogens is 294 g/mol. The average Bonchev–Trinajstić information content (AvgIpc) is 3.03. The molecule has 2 aliphatic heterocycles. The fraction of sp³-hybridized carbons (Fsp3) is 0.706. The lowest BCUT2D eigenvalue weighted by molar-refractivity contribution is -0.134. The number of thiophene rings is 1. The molecule has 2 fully saturated rings. The Bertz CT molecular complexity index is 536. The molecule has 0 aromatic carbocycles. The van der Waals surface area contributed by atoms with Crippen molar-refractivity contribution in [1.82, 2.24) is 15.1 Å². The van der Waals surface area contributed by atoms with Gasteiger partial charge in [-0.15, -0.1) is 11.3 Å². The third-order valence-corrected chi connectivity index (χ3v) is 6.43. The van der Waals surface area contributed by atoms with E-state index < -0.39 is 0 Å². The van der Waals surface area contributed by atoms with Gasteiger partial charge < -0.3 is 10.2 Å². The maximum atomic E-state index is 12.9. The number of rotatable bonds is 3. The molecule has 0 radical (unpaired) electrons. The lowest BCUT2D eigenvalue weighted by Gasteiger charge is -2.33. The minimum absolute atomic E-state index is 0.0587. The van der Waals surface area contributed by atoms with Crippen LogP contribution < -0.4 is 5.32 Å². The van der Waals surface area contributed by atoms with Crippen molar-refractivity contribution in [3.63, 3.8) is 0 Å². The molecule has 1 N–H and O–H groups in total. The van der Waals surface area contributed by atoms with E-state index in [1.165, 1.54) is 23.3 Å². The van der Waals surface area contributed by atoms with Gasteiger partial charge in [0.05, 0.1) is 12.6 Å². The number of carbonyl (C=O) groups excluding carboxylic acids is 1. The van der Waals surface area contributed by atoms with Crippen molar-refractivity contribution in [3.8, 4) is 0 Å². The van der Waals surface area contributed by atoms with E-state index in [0.717, 1.165) is 32.6 Å². The maximum Gasteiger partial charge on any atom is 0.240 e. The summed E-state index contributed by atoms with van der Waals surface area (Å²) in [7, 11) is 4.06. The summed E-state index contributed by atoms with van der Waals surface area (Å²) < 4.78 is 0. The molecule has 1 aromatic rings. The first kappa shape index (κ1) is 16.0. The largest absolute Gasteiger partial charge is 0.339 e. The number of nitrogens with zero attached hydrogens (tertiary/aromatic N) is 2. The van der Waals surface area contributed by atoms with Crippen molar-refractivity contribution < 1.29 is 4.79 Å². The zero-order valence-corrected chi connectivity index (χ0v) is 14.7. The third kappa shape index (κ3) is 3.07. The average molecular weight is 321 g/mol. The molecule has 1 atom stereocenters. The van der Waals surface area contributed by atoms with Gasteiger partial charge in [-0.3, -0.25) is 9.69 Å². The minimum Gasteiger partial charge on any atom is -0.339 e. The number of piperidine rings is 1. The van der Waals surface area contributed by atoms with E-state index in [1.807, 2.05) is 11.9 Å². The van der Waals surface area contributed by atoms with Crippen LogP contribution in [0.1, 0.15) is 29.7 Å². The molecule has 0 bridgehead atoms. The van der Waals surface area contributed by atoms with Crippen molar-refractivity contribution in [2.45, 2.75) is 38.8 Å². The monoisotopic (exact) mass is 321 g/mol. The Hall–Kier alpha value is -0.910. The van der Waals surface area contributed by atoms with Crippen LogP contribution in [0.2, 0.25) is 0 Å². The first-order chi connectivity index (χ1) is 10.5. The van der Waals surface area contributed by atoms with Gasteiger partial charge in [0.1, 0.15) is 0 Å². The van der Waals surface area contributed by atoms with Crippen LogP contribution in [0.25, 0.3) is 0 Å². The van der Waals surface area contributed by atoms with E-state index in [4.69, 9.17) is 0 Å². The molecule has 0 unspecified atom stereocenters. The molecule has 122 valence electrons. The molecule has 1 aromatic heterocycles. The van der Waals surface area contributed by atoms with Gasteiger partial charge in [0.15, 0.2) is 0 Å². The van der Waals surface area contributed by atoms with Gasteiger partial charge >= 0.3 is 0 Å². The zero-order chi connectivity index (χ0) is 15.7. The SMILES string of the molecule is Cc1ccsc1CN(C)C(=O)[C@@H]1CC2(CCNCC2)CN1C. The third-order valence-electron chi connectivity index (χ3n) is 5.42. The smallest absolute Gasteiger partial charge is 0.240 e. The second-order valence-electron chi connectivity index (χ2n) is 7.11. The molecule has 1 amide bonds. The topological polar surface area (TPSA) is 35.6 Å². The van der Waals surface area contributed by atoms with Gasteiger partial charge in [0, 0.05) is 18.5 Å². The summed E-state index contributed by atoms with van der Waals surface area (Å²) in [6.07, 6.45) is 3.43. The van der Waals surface area contributed by atoms with Gasteiger partial charge in [0.2, 0.25) is 5.91 Å².